The van der Waals surface area contributed by atoms with E-state index >= 15 is 8.78 Å². The van der Waals surface area contributed by atoms with Crippen LogP contribution in [0.4, 0.5) is 31.8 Å². The molecule has 0 spiro atoms. The molecule has 3 fully saturated rings. The van der Waals surface area contributed by atoms with Gasteiger partial charge in [-0.15, -0.1) is 0 Å². The molecule has 1 unspecified atom stereocenters. The van der Waals surface area contributed by atoms with E-state index in [1.54, 1.807) is 12.1 Å². The molecular formula is C42H38ClF2N11O5. The van der Waals surface area contributed by atoms with Crippen LogP contribution in [0.2, 0.25) is 5.02 Å². The fourth-order valence-corrected chi connectivity index (χ4v) is 9.01. The molecule has 19 heteroatoms. The predicted molar refractivity (Wildman–Crippen MR) is 216 cm³/mol. The maximum atomic E-state index is 15.4. The molecule has 61 heavy (non-hydrogen) atoms. The first kappa shape index (κ1) is 39.9. The first-order chi connectivity index (χ1) is 29.4. The minimum Gasteiger partial charge on any atom is -0.367 e. The van der Waals surface area contributed by atoms with Crippen LogP contribution in [0.1, 0.15) is 73.6 Å². The number of rotatable bonds is 9. The van der Waals surface area contributed by atoms with Crippen molar-refractivity contribution in [1.82, 2.24) is 35.4 Å². The van der Waals surface area contributed by atoms with Crippen LogP contribution in [-0.4, -0.2) is 106 Å². The number of nitriles is 1. The van der Waals surface area contributed by atoms with Gasteiger partial charge >= 0.3 is 0 Å². The molecule has 1 atom stereocenters. The van der Waals surface area contributed by atoms with Crippen molar-refractivity contribution in [2.45, 2.75) is 50.7 Å². The Kier molecular flexibility index (Phi) is 10.5. The average molecular weight is 850 g/mol. The van der Waals surface area contributed by atoms with Crippen molar-refractivity contribution in [2.75, 3.05) is 54.4 Å². The quantitative estimate of drug-likeness (QED) is 0.163. The second-order valence-electron chi connectivity index (χ2n) is 15.8. The lowest BCUT2D eigenvalue weighted by Crippen LogP contribution is -2.54. The Morgan fingerprint density at radius 2 is 1.70 bits per heavy atom. The number of amides is 5. The molecule has 9 rings (SSSR count). The Hall–Kier alpha value is -6.58. The monoisotopic (exact) mass is 849 g/mol. The molecule has 5 amide bonds. The number of imide groups is 2. The van der Waals surface area contributed by atoms with Gasteiger partial charge in [-0.05, 0) is 74.1 Å². The highest BCUT2D eigenvalue weighted by Crippen LogP contribution is 2.35. The molecule has 3 N–H and O–H groups in total. The summed E-state index contributed by atoms with van der Waals surface area (Å²) in [7, 11) is 0. The van der Waals surface area contributed by atoms with Crippen LogP contribution in [0.25, 0.3) is 0 Å². The molecule has 1 aliphatic carbocycles. The fourth-order valence-electron chi connectivity index (χ4n) is 8.79. The van der Waals surface area contributed by atoms with Crippen LogP contribution in [0.3, 0.4) is 0 Å². The van der Waals surface area contributed by atoms with Crippen molar-refractivity contribution in [3.8, 4) is 6.07 Å². The minimum absolute atomic E-state index is 0.00820. The van der Waals surface area contributed by atoms with Crippen molar-refractivity contribution in [3.63, 3.8) is 0 Å². The maximum Gasteiger partial charge on any atom is 0.262 e. The standard InChI is InChI=1S/C42H38ClF2N11O5/c43-30-15-25(2-1-23(30)18-46)55-8-7-26-32(20-55)47-21-48-38(26)51-35-5-3-27(37(45)50-35)39(58)49-24-13-22(14-24)19-53-9-11-54(12-10-53)34-17-29-28(16-31(34)44)41(60)56(42(29)61)33-4-6-36(57)52-40(33)59/h1-3,5,15-17,21-22,24,33H,4,6-14,19-20H2,(H,49,58)(H,52,57,59)(H,47,48,50,51). The smallest absolute Gasteiger partial charge is 0.262 e. The minimum atomic E-state index is -1.13. The largest absolute Gasteiger partial charge is 0.367 e. The summed E-state index contributed by atoms with van der Waals surface area (Å²) in [6, 6.07) is 11.5. The summed E-state index contributed by atoms with van der Waals surface area (Å²) in [5, 5.41) is 17.7. The second-order valence-corrected chi connectivity index (χ2v) is 16.3. The van der Waals surface area contributed by atoms with Gasteiger partial charge in [0.25, 0.3) is 17.7 Å². The molecule has 4 aliphatic heterocycles. The van der Waals surface area contributed by atoms with Crippen molar-refractivity contribution >= 4 is 64.1 Å². The Bertz CT molecular complexity index is 2560. The van der Waals surface area contributed by atoms with Crippen molar-refractivity contribution in [3.05, 3.63) is 99.1 Å². The van der Waals surface area contributed by atoms with Gasteiger partial charge in [0.05, 0.1) is 45.2 Å². The normalized spacial score (nSPS) is 21.3. The van der Waals surface area contributed by atoms with Crippen molar-refractivity contribution in [2.24, 2.45) is 5.92 Å². The molecule has 2 aromatic carbocycles. The van der Waals surface area contributed by atoms with E-state index < -0.39 is 47.3 Å². The summed E-state index contributed by atoms with van der Waals surface area (Å²) in [5.41, 5.74) is 2.89. The van der Waals surface area contributed by atoms with Gasteiger partial charge in [-0.3, -0.25) is 39.1 Å². The van der Waals surface area contributed by atoms with Gasteiger partial charge in [-0.1, -0.05) is 11.6 Å². The molecule has 1 saturated carbocycles. The van der Waals surface area contributed by atoms with E-state index in [-0.39, 0.29) is 47.1 Å². The molecule has 0 bridgehead atoms. The van der Waals surface area contributed by atoms with E-state index in [0.717, 1.165) is 34.5 Å². The number of hydrogen-bond donors (Lipinski definition) is 3. The van der Waals surface area contributed by atoms with E-state index in [1.807, 2.05) is 11.0 Å². The molecule has 16 nitrogen and oxygen atoms in total. The zero-order valence-electron chi connectivity index (χ0n) is 32.6. The highest BCUT2D eigenvalue weighted by atomic mass is 35.5. The number of pyridine rings is 1. The molecule has 4 aromatic rings. The Morgan fingerprint density at radius 3 is 2.43 bits per heavy atom. The lowest BCUT2D eigenvalue weighted by molar-refractivity contribution is -0.136. The summed E-state index contributed by atoms with van der Waals surface area (Å²) in [5.74, 6) is -3.75. The number of anilines is 4. The molecule has 6 heterocycles. The van der Waals surface area contributed by atoms with E-state index in [2.05, 4.69) is 46.8 Å². The molecule has 2 saturated heterocycles. The number of carbonyl (C=O) groups excluding carboxylic acids is 5. The van der Waals surface area contributed by atoms with Gasteiger partial charge in [0, 0.05) is 63.0 Å². The van der Waals surface area contributed by atoms with Crippen LogP contribution >= 0.6 is 11.6 Å². The molecule has 5 aliphatic rings. The van der Waals surface area contributed by atoms with Gasteiger partial charge in [0.15, 0.2) is 0 Å². The van der Waals surface area contributed by atoms with Gasteiger partial charge in [-0.2, -0.15) is 9.65 Å². The second kappa shape index (κ2) is 16.1. The lowest BCUT2D eigenvalue weighted by Gasteiger charge is -2.42. The fraction of sp³-hybridized carbons (Fsp3) is 0.357. The number of hydrogen-bond acceptors (Lipinski definition) is 13. The number of carbonyl (C=O) groups is 5. The van der Waals surface area contributed by atoms with Crippen LogP contribution < -0.4 is 25.8 Å². The van der Waals surface area contributed by atoms with Crippen LogP contribution in [0.5, 0.6) is 0 Å². The maximum absolute atomic E-state index is 15.4. The van der Waals surface area contributed by atoms with Crippen molar-refractivity contribution in [1.29, 1.82) is 5.26 Å². The Balaban J connectivity index is 0.742. The predicted octanol–water partition coefficient (Wildman–Crippen LogP) is 3.71. The number of fused-ring (bicyclic) bond motifs is 2. The first-order valence-corrected chi connectivity index (χ1v) is 20.4. The lowest BCUT2D eigenvalue weighted by atomic mass is 9.79. The number of piperidine rings is 1. The number of piperazine rings is 1. The highest BCUT2D eigenvalue weighted by Gasteiger charge is 2.45. The Labute approximate surface area is 352 Å². The van der Waals surface area contributed by atoms with Gasteiger partial charge < -0.3 is 20.4 Å². The van der Waals surface area contributed by atoms with Crippen LogP contribution in [0, 0.1) is 29.0 Å². The first-order valence-electron chi connectivity index (χ1n) is 20.0. The van der Waals surface area contributed by atoms with Gasteiger partial charge in [0.1, 0.15) is 35.9 Å². The number of nitrogens with one attached hydrogen (secondary N) is 3. The topological polar surface area (TPSA) is 197 Å². The highest BCUT2D eigenvalue weighted by molar-refractivity contribution is 6.32. The van der Waals surface area contributed by atoms with Crippen LogP contribution in [0.15, 0.2) is 48.8 Å². The summed E-state index contributed by atoms with van der Waals surface area (Å²) in [6.07, 6.45) is 3.46. The third kappa shape index (κ3) is 7.70. The van der Waals surface area contributed by atoms with E-state index in [0.29, 0.717) is 80.9 Å². The third-order valence-corrected chi connectivity index (χ3v) is 12.4. The zero-order chi connectivity index (χ0) is 42.5. The van der Waals surface area contributed by atoms with E-state index in [4.69, 9.17) is 11.6 Å². The number of halogens is 3. The van der Waals surface area contributed by atoms with Gasteiger partial charge in [0.2, 0.25) is 17.8 Å². The SMILES string of the molecule is N#Cc1ccc(N2CCc3c(ncnc3Nc3ccc(C(=O)NC4CC(CN5CCN(c6cc7c(cc6F)C(=O)N(C6CCC(=O)NC6=O)C7=O)CC5)C4)c(F)n3)C2)cc1Cl. The number of aromatic nitrogens is 3. The molecule has 2 aromatic heterocycles. The molecule has 312 valence electrons. The summed E-state index contributed by atoms with van der Waals surface area (Å²) >= 11 is 6.26. The van der Waals surface area contributed by atoms with E-state index in [9.17, 15) is 29.2 Å². The zero-order valence-corrected chi connectivity index (χ0v) is 33.3. The number of benzene rings is 2. The summed E-state index contributed by atoms with van der Waals surface area (Å²) < 4.78 is 30.6. The summed E-state index contributed by atoms with van der Waals surface area (Å²) in [6.45, 7) is 4.10. The number of nitrogens with zero attached hydrogens (tertiary/aromatic N) is 8. The molecule has 0 radical (unpaired) electrons. The van der Waals surface area contributed by atoms with Crippen molar-refractivity contribution < 1.29 is 32.8 Å². The third-order valence-electron chi connectivity index (χ3n) is 12.1. The van der Waals surface area contributed by atoms with E-state index in [1.165, 1.54) is 24.5 Å². The average Bonchev–Trinajstić information content (AvgIpc) is 3.47. The van der Waals surface area contributed by atoms with Crippen LogP contribution in [-0.2, 0) is 22.6 Å². The Morgan fingerprint density at radius 1 is 0.934 bits per heavy atom. The molecular weight excluding hydrogens is 812 g/mol. The summed E-state index contributed by atoms with van der Waals surface area (Å²) in [4.78, 5) is 83.3. The van der Waals surface area contributed by atoms with Gasteiger partial charge in [-0.25, -0.2) is 19.3 Å².